The molecule has 0 heterocycles. The topological polar surface area (TPSA) is 122 Å². The number of nitrogens with two attached hydrogens (primary N) is 1. The molecule has 110 valence electrons. The van der Waals surface area contributed by atoms with E-state index < -0.39 is 11.9 Å². The number of carboxylic acid groups (broad SMARTS) is 2. The Hall–Kier alpha value is -2.38. The Labute approximate surface area is 116 Å². The summed E-state index contributed by atoms with van der Waals surface area (Å²) < 4.78 is 5.42. The molecular weight excluding hydrogens is 264 g/mol. The Morgan fingerprint density at radius 1 is 1.25 bits per heavy atom. The molecule has 0 spiro atoms. The van der Waals surface area contributed by atoms with Crippen molar-refractivity contribution >= 4 is 11.9 Å². The highest BCUT2D eigenvalue weighted by Gasteiger charge is 1.98. The number of hydrogen-bond donors (Lipinski definition) is 4. The number of hydrogen-bond acceptors (Lipinski definition) is 5. The normalized spacial score (nSPS) is 11.3. The third-order valence-corrected chi connectivity index (χ3v) is 1.90. The lowest BCUT2D eigenvalue weighted by Gasteiger charge is -2.11. The number of benzene rings is 1. The minimum Gasteiger partial charge on any atom is -0.492 e. The molecule has 20 heavy (non-hydrogen) atoms. The van der Waals surface area contributed by atoms with Gasteiger partial charge in [-0.25, -0.2) is 9.59 Å². The van der Waals surface area contributed by atoms with Gasteiger partial charge in [0, 0.05) is 12.2 Å². The summed E-state index contributed by atoms with van der Waals surface area (Å²) >= 11 is 0. The van der Waals surface area contributed by atoms with Crippen molar-refractivity contribution < 1.29 is 24.5 Å². The van der Waals surface area contributed by atoms with Crippen LogP contribution in [-0.4, -0.2) is 34.8 Å². The van der Waals surface area contributed by atoms with Crippen LogP contribution >= 0.6 is 0 Å². The maximum Gasteiger partial charge on any atom is 0.328 e. The molecule has 0 radical (unpaired) electrons. The predicted molar refractivity (Wildman–Crippen MR) is 73.1 cm³/mol. The summed E-state index contributed by atoms with van der Waals surface area (Å²) in [5, 5.41) is 15.6. The molecule has 5 N–H and O–H groups in total. The molecule has 7 nitrogen and oxygen atoms in total. The highest BCUT2D eigenvalue weighted by atomic mass is 16.5. The van der Waals surface area contributed by atoms with Gasteiger partial charge in [0.15, 0.2) is 0 Å². The summed E-state index contributed by atoms with van der Waals surface area (Å²) in [6, 6.07) is 9.85. The minimum atomic E-state index is -1.26. The third-order valence-electron chi connectivity index (χ3n) is 1.90. The number of ether oxygens (including phenoxy) is 1. The number of rotatable bonds is 6. The van der Waals surface area contributed by atoms with Gasteiger partial charge in [0.05, 0.1) is 6.04 Å². The van der Waals surface area contributed by atoms with Gasteiger partial charge < -0.3 is 14.9 Å². The van der Waals surface area contributed by atoms with E-state index in [1.54, 1.807) is 0 Å². The number of aliphatic carboxylic acids is 2. The second kappa shape index (κ2) is 10.5. The van der Waals surface area contributed by atoms with E-state index in [4.69, 9.17) is 20.8 Å². The van der Waals surface area contributed by atoms with Crippen LogP contribution in [0.5, 0.6) is 5.75 Å². The molecule has 0 saturated carbocycles. The van der Waals surface area contributed by atoms with E-state index in [2.05, 4.69) is 5.43 Å². The zero-order valence-corrected chi connectivity index (χ0v) is 11.0. The molecule has 0 fully saturated rings. The summed E-state index contributed by atoms with van der Waals surface area (Å²) in [4.78, 5) is 19.1. The maximum absolute atomic E-state index is 9.55. The molecular formula is C13H18N2O5. The minimum absolute atomic E-state index is 0.171. The van der Waals surface area contributed by atoms with E-state index in [1.807, 2.05) is 37.3 Å². The molecule has 0 bridgehead atoms. The van der Waals surface area contributed by atoms with Crippen molar-refractivity contribution in [3.05, 3.63) is 42.5 Å². The van der Waals surface area contributed by atoms with Crippen LogP contribution in [0.15, 0.2) is 42.5 Å². The average molecular weight is 282 g/mol. The predicted octanol–water partition coefficient (Wildman–Crippen LogP) is 0.629. The van der Waals surface area contributed by atoms with E-state index in [0.29, 0.717) is 18.8 Å². The Balaban J connectivity index is 0.000000396. The van der Waals surface area contributed by atoms with Gasteiger partial charge in [-0.2, -0.15) is 0 Å². The van der Waals surface area contributed by atoms with Crippen LogP contribution in [0.1, 0.15) is 6.92 Å². The fourth-order valence-corrected chi connectivity index (χ4v) is 0.929. The van der Waals surface area contributed by atoms with E-state index in [9.17, 15) is 9.59 Å². The number of carboxylic acids is 2. The molecule has 0 aromatic heterocycles. The van der Waals surface area contributed by atoms with Crippen molar-refractivity contribution in [2.24, 2.45) is 5.84 Å². The van der Waals surface area contributed by atoms with Gasteiger partial charge in [0.25, 0.3) is 0 Å². The van der Waals surface area contributed by atoms with E-state index in [1.165, 1.54) is 0 Å². The van der Waals surface area contributed by atoms with Gasteiger partial charge in [-0.1, -0.05) is 18.2 Å². The van der Waals surface area contributed by atoms with Crippen LogP contribution in [0, 0.1) is 0 Å². The molecule has 0 aliphatic rings. The highest BCUT2D eigenvalue weighted by Crippen LogP contribution is 2.07. The second-order valence-corrected chi connectivity index (χ2v) is 3.70. The van der Waals surface area contributed by atoms with Crippen molar-refractivity contribution in [2.45, 2.75) is 13.0 Å². The Morgan fingerprint density at radius 3 is 2.15 bits per heavy atom. The van der Waals surface area contributed by atoms with Crippen LogP contribution in [0.25, 0.3) is 0 Å². The summed E-state index contributed by atoms with van der Waals surface area (Å²) in [6.45, 7) is 2.55. The van der Waals surface area contributed by atoms with Crippen molar-refractivity contribution in [3.63, 3.8) is 0 Å². The zero-order valence-electron chi connectivity index (χ0n) is 11.0. The van der Waals surface area contributed by atoms with Crippen LogP contribution in [0.4, 0.5) is 0 Å². The molecule has 0 aliphatic heterocycles. The average Bonchev–Trinajstić information content (AvgIpc) is 2.44. The van der Waals surface area contributed by atoms with Crippen LogP contribution in [0.3, 0.4) is 0 Å². The first-order valence-corrected chi connectivity index (χ1v) is 5.73. The van der Waals surface area contributed by atoms with Gasteiger partial charge in [-0.05, 0) is 19.1 Å². The standard InChI is InChI=1S/C9H14N2O.C4H4O4/c1-8(11-10)7-12-9-5-3-2-4-6-9;5-3(6)1-2-4(7)8/h2-6,8,11H,7,10H2,1H3;1-2H,(H,5,6)(H,7,8)/b;2-1-/t8-;/m1./s1. The van der Waals surface area contributed by atoms with Crippen molar-refractivity contribution in [3.8, 4) is 5.75 Å². The largest absolute Gasteiger partial charge is 0.492 e. The van der Waals surface area contributed by atoms with Crippen molar-refractivity contribution in [1.82, 2.24) is 5.43 Å². The first kappa shape index (κ1) is 17.6. The number of para-hydroxylation sites is 1. The van der Waals surface area contributed by atoms with Gasteiger partial charge in [-0.15, -0.1) is 0 Å². The molecule has 0 unspecified atom stereocenters. The van der Waals surface area contributed by atoms with Crippen molar-refractivity contribution in [2.75, 3.05) is 6.61 Å². The monoisotopic (exact) mass is 282 g/mol. The fourth-order valence-electron chi connectivity index (χ4n) is 0.929. The fraction of sp³-hybridized carbons (Fsp3) is 0.231. The zero-order chi connectivity index (χ0) is 15.4. The molecule has 0 amide bonds. The van der Waals surface area contributed by atoms with Crippen LogP contribution in [-0.2, 0) is 9.59 Å². The summed E-state index contributed by atoms with van der Waals surface area (Å²) in [6.07, 6.45) is 1.12. The number of hydrazine groups is 1. The lowest BCUT2D eigenvalue weighted by molar-refractivity contribution is -0.134. The molecule has 0 saturated heterocycles. The van der Waals surface area contributed by atoms with Crippen LogP contribution < -0.4 is 16.0 Å². The number of carbonyl (C=O) groups is 2. The summed E-state index contributed by atoms with van der Waals surface area (Å²) in [5.41, 5.74) is 2.61. The number of nitrogens with one attached hydrogen (secondary N) is 1. The molecule has 0 aliphatic carbocycles. The quantitative estimate of drug-likeness (QED) is 0.343. The van der Waals surface area contributed by atoms with Gasteiger partial charge in [0.1, 0.15) is 12.4 Å². The first-order chi connectivity index (χ1) is 9.45. The first-order valence-electron chi connectivity index (χ1n) is 5.73. The summed E-state index contributed by atoms with van der Waals surface area (Å²) in [5.74, 6) is 3.57. The van der Waals surface area contributed by atoms with Crippen molar-refractivity contribution in [1.29, 1.82) is 0 Å². The third kappa shape index (κ3) is 10.8. The second-order valence-electron chi connectivity index (χ2n) is 3.70. The van der Waals surface area contributed by atoms with E-state index >= 15 is 0 Å². The van der Waals surface area contributed by atoms with Gasteiger partial charge in [-0.3, -0.25) is 11.3 Å². The lowest BCUT2D eigenvalue weighted by Crippen LogP contribution is -2.36. The highest BCUT2D eigenvalue weighted by molar-refractivity contribution is 5.89. The molecule has 1 rings (SSSR count). The van der Waals surface area contributed by atoms with Crippen LogP contribution in [0.2, 0.25) is 0 Å². The molecule has 1 atom stereocenters. The Morgan fingerprint density at radius 2 is 1.75 bits per heavy atom. The van der Waals surface area contributed by atoms with Gasteiger partial charge in [0.2, 0.25) is 0 Å². The van der Waals surface area contributed by atoms with Gasteiger partial charge >= 0.3 is 11.9 Å². The Kier molecular flexibility index (Phi) is 9.28. The SMILES string of the molecule is C[C@H](COc1ccccc1)NN.O=C(O)/C=C\C(=O)O. The lowest BCUT2D eigenvalue weighted by atomic mass is 10.3. The van der Waals surface area contributed by atoms with E-state index in [0.717, 1.165) is 5.75 Å². The molecule has 1 aromatic rings. The molecule has 1 aromatic carbocycles. The molecule has 7 heteroatoms. The smallest absolute Gasteiger partial charge is 0.328 e. The maximum atomic E-state index is 9.55. The Bertz CT molecular complexity index is 418. The van der Waals surface area contributed by atoms with E-state index in [-0.39, 0.29) is 6.04 Å². The summed E-state index contributed by atoms with van der Waals surface area (Å²) in [7, 11) is 0.